The highest BCUT2D eigenvalue weighted by atomic mass is 35.5. The fourth-order valence-electron chi connectivity index (χ4n) is 0.982. The van der Waals surface area contributed by atoms with E-state index in [0.29, 0.717) is 21.4 Å². The van der Waals surface area contributed by atoms with Gasteiger partial charge in [0.1, 0.15) is 0 Å². The van der Waals surface area contributed by atoms with Gasteiger partial charge in [-0.1, -0.05) is 29.8 Å². The average Bonchev–Trinajstić information content (AvgIpc) is 1.98. The Morgan fingerprint density at radius 3 is 2.27 bits per heavy atom. The molecule has 1 rings (SSSR count). The van der Waals surface area contributed by atoms with E-state index in [1.54, 1.807) is 25.1 Å². The molecule has 0 heterocycles. The molecule has 0 bridgehead atoms. The molecule has 0 aromatic heterocycles. The third-order valence-corrected chi connectivity index (χ3v) is 1.88. The third kappa shape index (κ3) is 4.23. The van der Waals surface area contributed by atoms with Gasteiger partial charge in [0.15, 0.2) is 0 Å². The third-order valence-electron chi connectivity index (χ3n) is 1.45. The minimum Gasteiger partial charge on any atom is -0.312 e. The van der Waals surface area contributed by atoms with Crippen molar-refractivity contribution < 1.29 is 4.79 Å². The smallest absolute Gasteiger partial charge is 0.312 e. The lowest BCUT2D eigenvalue weighted by atomic mass is 10.3. The standard InChI is InChI=1S/C10H10Cl2N2O/c1-6(2)13-10(15)14-9-4-7(11)3-8(12)5-9/h3-5H,1H2,2H3,(H2,13,14,15). The van der Waals surface area contributed by atoms with Crippen molar-refractivity contribution in [3.63, 3.8) is 0 Å². The summed E-state index contributed by atoms with van der Waals surface area (Å²) in [5.74, 6) is 0. The van der Waals surface area contributed by atoms with E-state index in [1.807, 2.05) is 0 Å². The molecule has 0 radical (unpaired) electrons. The summed E-state index contributed by atoms with van der Waals surface area (Å²) in [7, 11) is 0. The largest absolute Gasteiger partial charge is 0.323 e. The first-order chi connectivity index (χ1) is 6.97. The Kier molecular flexibility index (Phi) is 4.00. The molecule has 1 aromatic rings. The van der Waals surface area contributed by atoms with E-state index in [1.165, 1.54) is 0 Å². The van der Waals surface area contributed by atoms with Crippen molar-refractivity contribution in [2.24, 2.45) is 0 Å². The Labute approximate surface area is 98.1 Å². The molecule has 0 unspecified atom stereocenters. The quantitative estimate of drug-likeness (QED) is 0.820. The van der Waals surface area contributed by atoms with E-state index in [0.717, 1.165) is 0 Å². The summed E-state index contributed by atoms with van der Waals surface area (Å²) in [5, 5.41) is 6.01. The number of carbonyl (C=O) groups is 1. The summed E-state index contributed by atoms with van der Waals surface area (Å²) >= 11 is 11.5. The molecule has 1 aromatic carbocycles. The molecule has 5 heteroatoms. The summed E-state index contributed by atoms with van der Waals surface area (Å²) < 4.78 is 0. The van der Waals surface area contributed by atoms with Crippen molar-refractivity contribution in [1.82, 2.24) is 5.32 Å². The van der Waals surface area contributed by atoms with Crippen LogP contribution in [0.25, 0.3) is 0 Å². The predicted molar refractivity (Wildman–Crippen MR) is 63.4 cm³/mol. The molecule has 0 aliphatic carbocycles. The maximum Gasteiger partial charge on any atom is 0.323 e. The van der Waals surface area contributed by atoms with Crippen LogP contribution in [0.1, 0.15) is 6.92 Å². The molecular weight excluding hydrogens is 235 g/mol. The highest BCUT2D eigenvalue weighted by molar-refractivity contribution is 6.35. The molecule has 3 nitrogen and oxygen atoms in total. The van der Waals surface area contributed by atoms with Crippen molar-refractivity contribution in [3.05, 3.63) is 40.5 Å². The number of hydrogen-bond donors (Lipinski definition) is 2. The molecule has 0 aliphatic heterocycles. The van der Waals surface area contributed by atoms with Crippen LogP contribution in [0.15, 0.2) is 30.5 Å². The van der Waals surface area contributed by atoms with E-state index in [-0.39, 0.29) is 6.03 Å². The minimum absolute atomic E-state index is 0.374. The Morgan fingerprint density at radius 1 is 1.27 bits per heavy atom. The Morgan fingerprint density at radius 2 is 1.80 bits per heavy atom. The second-order valence-corrected chi connectivity index (χ2v) is 3.89. The maximum atomic E-state index is 11.3. The fraction of sp³-hybridized carbons (Fsp3) is 0.100. The lowest BCUT2D eigenvalue weighted by molar-refractivity contribution is 0.254. The topological polar surface area (TPSA) is 41.1 Å². The van der Waals surface area contributed by atoms with E-state index < -0.39 is 0 Å². The van der Waals surface area contributed by atoms with Crippen LogP contribution in [-0.4, -0.2) is 6.03 Å². The summed E-state index contributed by atoms with van der Waals surface area (Å²) in [6.07, 6.45) is 0. The molecule has 0 atom stereocenters. The van der Waals surface area contributed by atoms with Crippen molar-refractivity contribution in [3.8, 4) is 0 Å². The lowest BCUT2D eigenvalue weighted by Gasteiger charge is -2.07. The van der Waals surface area contributed by atoms with Crippen LogP contribution in [-0.2, 0) is 0 Å². The molecular formula is C10H10Cl2N2O. The number of nitrogens with one attached hydrogen (secondary N) is 2. The Bertz CT molecular complexity index is 384. The number of hydrogen-bond acceptors (Lipinski definition) is 1. The summed E-state index contributed by atoms with van der Waals surface area (Å²) in [5.41, 5.74) is 1.09. The van der Waals surface area contributed by atoms with Crippen molar-refractivity contribution in [2.45, 2.75) is 6.92 Å². The zero-order valence-corrected chi connectivity index (χ0v) is 9.62. The number of benzene rings is 1. The highest BCUT2D eigenvalue weighted by Crippen LogP contribution is 2.22. The van der Waals surface area contributed by atoms with Gasteiger partial charge in [0.2, 0.25) is 0 Å². The van der Waals surface area contributed by atoms with E-state index in [9.17, 15) is 4.79 Å². The van der Waals surface area contributed by atoms with Crippen LogP contribution < -0.4 is 10.6 Å². The first-order valence-electron chi connectivity index (χ1n) is 4.17. The van der Waals surface area contributed by atoms with Crippen LogP contribution in [0, 0.1) is 0 Å². The lowest BCUT2D eigenvalue weighted by Crippen LogP contribution is -2.26. The molecule has 0 fully saturated rings. The zero-order chi connectivity index (χ0) is 11.4. The Hall–Kier alpha value is -1.19. The van der Waals surface area contributed by atoms with Gasteiger partial charge in [0.05, 0.1) is 0 Å². The van der Waals surface area contributed by atoms with Gasteiger partial charge in [-0.15, -0.1) is 0 Å². The van der Waals surface area contributed by atoms with E-state index in [4.69, 9.17) is 23.2 Å². The van der Waals surface area contributed by atoms with Crippen molar-refractivity contribution >= 4 is 34.9 Å². The van der Waals surface area contributed by atoms with Crippen LogP contribution in [0.4, 0.5) is 10.5 Å². The van der Waals surface area contributed by atoms with E-state index in [2.05, 4.69) is 17.2 Å². The molecule has 0 spiro atoms. The molecule has 2 amide bonds. The molecule has 0 saturated heterocycles. The zero-order valence-electron chi connectivity index (χ0n) is 8.10. The van der Waals surface area contributed by atoms with Gasteiger partial charge in [0.25, 0.3) is 0 Å². The summed E-state index contributed by atoms with van der Waals surface area (Å²) in [4.78, 5) is 11.3. The molecule has 80 valence electrons. The number of carbonyl (C=O) groups excluding carboxylic acids is 1. The van der Waals surface area contributed by atoms with Gasteiger partial charge in [-0.3, -0.25) is 0 Å². The van der Waals surface area contributed by atoms with Crippen molar-refractivity contribution in [2.75, 3.05) is 5.32 Å². The first kappa shape index (κ1) is 11.9. The molecule has 15 heavy (non-hydrogen) atoms. The number of halogens is 2. The predicted octanol–water partition coefficient (Wildman–Crippen LogP) is 3.65. The van der Waals surface area contributed by atoms with Gasteiger partial charge in [-0.05, 0) is 25.1 Å². The first-order valence-corrected chi connectivity index (χ1v) is 4.92. The number of urea groups is 1. The summed E-state index contributed by atoms with van der Waals surface area (Å²) in [6, 6.07) is 4.42. The SMILES string of the molecule is C=C(C)NC(=O)Nc1cc(Cl)cc(Cl)c1. The van der Waals surface area contributed by atoms with E-state index >= 15 is 0 Å². The average molecular weight is 245 g/mol. The normalized spacial score (nSPS) is 9.53. The van der Waals surface area contributed by atoms with Crippen LogP contribution in [0.5, 0.6) is 0 Å². The monoisotopic (exact) mass is 244 g/mol. The minimum atomic E-state index is -0.374. The Balaban J connectivity index is 2.72. The van der Waals surface area contributed by atoms with Crippen LogP contribution in [0.3, 0.4) is 0 Å². The number of rotatable bonds is 2. The highest BCUT2D eigenvalue weighted by Gasteiger charge is 2.03. The van der Waals surface area contributed by atoms with Gasteiger partial charge in [0, 0.05) is 21.4 Å². The molecule has 0 saturated carbocycles. The summed E-state index contributed by atoms with van der Waals surface area (Å²) in [6.45, 7) is 5.23. The number of amides is 2. The second-order valence-electron chi connectivity index (χ2n) is 3.02. The second kappa shape index (κ2) is 5.05. The van der Waals surface area contributed by atoms with Gasteiger partial charge >= 0.3 is 6.03 Å². The molecule has 0 aliphatic rings. The van der Waals surface area contributed by atoms with Gasteiger partial charge < -0.3 is 10.6 Å². The number of allylic oxidation sites excluding steroid dienone is 1. The fourth-order valence-corrected chi connectivity index (χ4v) is 1.51. The molecule has 2 N–H and O–H groups in total. The van der Waals surface area contributed by atoms with Crippen molar-refractivity contribution in [1.29, 1.82) is 0 Å². The number of anilines is 1. The van der Waals surface area contributed by atoms with Crippen LogP contribution in [0.2, 0.25) is 10.0 Å². The van der Waals surface area contributed by atoms with Gasteiger partial charge in [-0.2, -0.15) is 0 Å². The maximum absolute atomic E-state index is 11.3. The van der Waals surface area contributed by atoms with Crippen LogP contribution >= 0.6 is 23.2 Å². The van der Waals surface area contributed by atoms with Gasteiger partial charge in [-0.25, -0.2) is 4.79 Å².